The van der Waals surface area contributed by atoms with Gasteiger partial charge in [0.05, 0.1) is 26.4 Å². The SMILES string of the molecule is [C-]#[N+]c1ccc2c(c1)c(-c1cccc(N)c1)cn2CCO[Si](C)(C)C(C)(C)C.[C-]#[N+]c1ccc2c(c1)c(Br)cn2CCO[Si](C)(C)C(C)(C)C. The molecule has 0 amide bonds. The van der Waals surface area contributed by atoms with Crippen LogP contribution in [0.1, 0.15) is 41.5 Å². The van der Waals surface area contributed by atoms with Gasteiger partial charge in [0.2, 0.25) is 0 Å². The van der Waals surface area contributed by atoms with E-state index in [0.29, 0.717) is 18.0 Å². The zero-order valence-corrected chi connectivity index (χ0v) is 34.9. The third-order valence-corrected chi connectivity index (χ3v) is 20.0. The summed E-state index contributed by atoms with van der Waals surface area (Å²) in [5, 5.41) is 2.59. The van der Waals surface area contributed by atoms with Crippen molar-refractivity contribution in [2.75, 3.05) is 18.9 Å². The van der Waals surface area contributed by atoms with Crippen molar-refractivity contribution in [2.45, 2.75) is 90.9 Å². The minimum absolute atomic E-state index is 0.197. The maximum atomic E-state index is 7.36. The molecule has 0 bridgehead atoms. The van der Waals surface area contributed by atoms with Crippen LogP contribution >= 0.6 is 15.9 Å². The second-order valence-electron chi connectivity index (χ2n) is 15.9. The Balaban J connectivity index is 0.000000232. The number of nitrogen functional groups attached to an aromatic ring is 1. The second-order valence-corrected chi connectivity index (χ2v) is 26.3. The van der Waals surface area contributed by atoms with Crippen LogP contribution in [-0.2, 0) is 21.9 Å². The topological polar surface area (TPSA) is 63.1 Å². The molecule has 2 aromatic heterocycles. The van der Waals surface area contributed by atoms with Crippen LogP contribution in [0.5, 0.6) is 0 Å². The van der Waals surface area contributed by atoms with Crippen LogP contribution in [-0.4, -0.2) is 39.0 Å². The number of hydrogen-bond acceptors (Lipinski definition) is 3. The molecule has 0 saturated carbocycles. The summed E-state index contributed by atoms with van der Waals surface area (Å²) < 4.78 is 18.1. The Bertz CT molecular complexity index is 2050. The molecule has 0 fully saturated rings. The van der Waals surface area contributed by atoms with E-state index in [-0.39, 0.29) is 10.1 Å². The molecule has 0 aliphatic rings. The van der Waals surface area contributed by atoms with Crippen molar-refractivity contribution in [2.24, 2.45) is 0 Å². The highest BCUT2D eigenvalue weighted by molar-refractivity contribution is 9.10. The molecule has 0 atom stereocenters. The van der Waals surface area contributed by atoms with Gasteiger partial charge in [-0.05, 0) is 99.5 Å². The Morgan fingerprint density at radius 3 is 1.66 bits per heavy atom. The van der Waals surface area contributed by atoms with Crippen molar-refractivity contribution in [1.82, 2.24) is 9.13 Å². The van der Waals surface area contributed by atoms with Crippen molar-refractivity contribution in [3.05, 3.63) is 100 Å². The molecule has 0 saturated heterocycles. The highest BCUT2D eigenvalue weighted by Crippen LogP contribution is 2.38. The molecule has 0 unspecified atom stereocenters. The van der Waals surface area contributed by atoms with Gasteiger partial charge in [-0.25, -0.2) is 9.69 Å². The summed E-state index contributed by atoms with van der Waals surface area (Å²) in [6.45, 7) is 40.1. The normalized spacial score (nSPS) is 12.4. The number of benzene rings is 3. The number of aromatic nitrogens is 2. The van der Waals surface area contributed by atoms with Crippen LogP contribution in [0.15, 0.2) is 77.5 Å². The number of fused-ring (bicyclic) bond motifs is 2. The van der Waals surface area contributed by atoms with E-state index in [1.807, 2.05) is 54.6 Å². The molecule has 2 heterocycles. The summed E-state index contributed by atoms with van der Waals surface area (Å²) >= 11 is 3.59. The Kier molecular flexibility index (Phi) is 12.0. The number of halogens is 1. The summed E-state index contributed by atoms with van der Waals surface area (Å²) in [6, 6.07) is 19.6. The van der Waals surface area contributed by atoms with E-state index >= 15 is 0 Å². The van der Waals surface area contributed by atoms with E-state index in [0.717, 1.165) is 62.8 Å². The minimum Gasteiger partial charge on any atom is -0.415 e. The highest BCUT2D eigenvalue weighted by Gasteiger charge is 2.37. The van der Waals surface area contributed by atoms with Crippen LogP contribution in [0.4, 0.5) is 17.1 Å². The fourth-order valence-corrected chi connectivity index (χ4v) is 7.84. The lowest BCUT2D eigenvalue weighted by atomic mass is 10.0. The zero-order chi connectivity index (χ0) is 37.1. The van der Waals surface area contributed by atoms with E-state index in [1.165, 1.54) is 0 Å². The van der Waals surface area contributed by atoms with Gasteiger partial charge < -0.3 is 23.7 Å². The Morgan fingerprint density at radius 1 is 0.700 bits per heavy atom. The van der Waals surface area contributed by atoms with Gasteiger partial charge >= 0.3 is 0 Å². The summed E-state index contributed by atoms with van der Waals surface area (Å²) in [5.41, 5.74) is 12.5. The zero-order valence-electron chi connectivity index (χ0n) is 31.3. The van der Waals surface area contributed by atoms with Gasteiger partial charge in [0.25, 0.3) is 0 Å². The largest absolute Gasteiger partial charge is 0.415 e. The molecule has 10 heteroatoms. The van der Waals surface area contributed by atoms with Crippen molar-refractivity contribution in [3.63, 3.8) is 0 Å². The molecular weight excluding hydrogens is 719 g/mol. The van der Waals surface area contributed by atoms with Crippen molar-refractivity contribution in [3.8, 4) is 11.1 Å². The first kappa shape index (κ1) is 39.1. The van der Waals surface area contributed by atoms with Crippen LogP contribution in [0, 0.1) is 13.1 Å². The smallest absolute Gasteiger partial charge is 0.192 e. The Hall–Kier alpha value is -3.65. The molecule has 5 aromatic rings. The van der Waals surface area contributed by atoms with Crippen molar-refractivity contribution in [1.29, 1.82) is 0 Å². The average molecular weight is 771 g/mol. The van der Waals surface area contributed by atoms with Crippen LogP contribution in [0.3, 0.4) is 0 Å². The summed E-state index contributed by atoms with van der Waals surface area (Å²) in [6.07, 6.45) is 4.23. The fourth-order valence-electron chi connectivity index (χ4n) is 5.20. The lowest BCUT2D eigenvalue weighted by Gasteiger charge is -2.36. The van der Waals surface area contributed by atoms with Crippen molar-refractivity contribution < 1.29 is 8.85 Å². The van der Waals surface area contributed by atoms with E-state index in [1.54, 1.807) is 0 Å². The maximum Gasteiger partial charge on any atom is 0.192 e. The Morgan fingerprint density at radius 2 is 1.18 bits per heavy atom. The van der Waals surface area contributed by atoms with Crippen LogP contribution in [0.25, 0.3) is 42.6 Å². The fraction of sp³-hybridized carbons (Fsp3) is 0.400. The molecule has 0 spiro atoms. The van der Waals surface area contributed by atoms with Gasteiger partial charge in [-0.15, -0.1) is 0 Å². The summed E-state index contributed by atoms with van der Waals surface area (Å²) in [5.74, 6) is 0. The first-order valence-electron chi connectivity index (χ1n) is 17.1. The molecule has 264 valence electrons. The summed E-state index contributed by atoms with van der Waals surface area (Å²) in [7, 11) is -3.47. The molecular formula is C40H52BrN5O2Si2. The average Bonchev–Trinajstić information content (AvgIpc) is 3.56. The third-order valence-electron chi connectivity index (χ3n) is 10.3. The molecule has 0 aliphatic heterocycles. The van der Waals surface area contributed by atoms with E-state index in [2.05, 4.69) is 121 Å². The number of hydrogen-bond donors (Lipinski definition) is 1. The first-order chi connectivity index (χ1) is 23.3. The first-order valence-corrected chi connectivity index (χ1v) is 23.7. The third kappa shape index (κ3) is 8.98. The quantitative estimate of drug-likeness (QED) is 0.0922. The molecule has 7 nitrogen and oxygen atoms in total. The molecule has 5 rings (SSSR count). The Labute approximate surface area is 309 Å². The van der Waals surface area contributed by atoms with Gasteiger partial charge in [-0.3, -0.25) is 0 Å². The number of anilines is 1. The molecule has 0 aliphatic carbocycles. The van der Waals surface area contributed by atoms with Crippen LogP contribution in [0.2, 0.25) is 36.3 Å². The number of nitrogens with two attached hydrogens (primary N) is 1. The molecule has 2 N–H and O–H groups in total. The molecule has 50 heavy (non-hydrogen) atoms. The van der Waals surface area contributed by atoms with Gasteiger partial charge in [0, 0.05) is 57.6 Å². The summed E-state index contributed by atoms with van der Waals surface area (Å²) in [4.78, 5) is 7.09. The number of rotatable bonds is 9. The predicted octanol–water partition coefficient (Wildman–Crippen LogP) is 12.4. The van der Waals surface area contributed by atoms with Gasteiger partial charge in [0.15, 0.2) is 28.0 Å². The maximum absolute atomic E-state index is 7.36. The predicted molar refractivity (Wildman–Crippen MR) is 220 cm³/mol. The van der Waals surface area contributed by atoms with Gasteiger partial charge in [0.1, 0.15) is 0 Å². The highest BCUT2D eigenvalue weighted by atomic mass is 79.9. The van der Waals surface area contributed by atoms with Crippen molar-refractivity contribution >= 4 is 71.4 Å². The standard InChI is InChI=1S/C23H29N3OSi.C17H23BrN2OSi/c1-23(2,3)28(5,6)27-13-12-26-16-21(17-8-7-9-18(24)14-17)20-15-19(25-4)10-11-22(20)26;1-17(2,3)22(5,6)21-10-9-20-12-15(18)14-11-13(19-4)7-8-16(14)20/h7-11,14-16H,12-13,24H2,1-3,5-6H3;7-8,11-12H,9-10H2,1-3,5-6H3. The molecule has 3 aromatic carbocycles. The van der Waals surface area contributed by atoms with E-state index in [9.17, 15) is 0 Å². The lowest BCUT2D eigenvalue weighted by Crippen LogP contribution is -2.41. The van der Waals surface area contributed by atoms with Gasteiger partial charge in [-0.2, -0.15) is 0 Å². The minimum atomic E-state index is -1.78. The van der Waals surface area contributed by atoms with E-state index < -0.39 is 16.6 Å². The lowest BCUT2D eigenvalue weighted by molar-refractivity contribution is 0.273. The van der Waals surface area contributed by atoms with Crippen LogP contribution < -0.4 is 5.73 Å². The monoisotopic (exact) mass is 769 g/mol. The second kappa shape index (κ2) is 15.3. The molecule has 0 radical (unpaired) electrons. The van der Waals surface area contributed by atoms with E-state index in [4.69, 9.17) is 27.7 Å². The number of nitrogens with zero attached hydrogens (tertiary/aromatic N) is 4. The van der Waals surface area contributed by atoms with Gasteiger partial charge in [-0.1, -0.05) is 65.8 Å².